The van der Waals surface area contributed by atoms with E-state index in [1.165, 1.54) is 18.2 Å². The maximum Gasteiger partial charge on any atom is 0.407 e. The standard InChI is InChI=1S/C27H32N2O6/c1-34-14-13-24(26(31)32)28-25(30)15-17-7-6-12-23(17)29-27(33)35-16-22-20-10-4-2-8-18(20)19-9-3-5-11-21(19)22/h2-5,8-11,17,22-24H,6-7,12-16H2,1H3,(H,28,30)(H,29,33)(H,31,32)/t17-,23+,24?/m0/s1. The molecule has 0 spiro atoms. The molecule has 8 heteroatoms. The molecule has 0 saturated heterocycles. The summed E-state index contributed by atoms with van der Waals surface area (Å²) in [6.07, 6.45) is 2.30. The number of benzene rings is 2. The minimum Gasteiger partial charge on any atom is -0.480 e. The number of carbonyl (C=O) groups is 3. The van der Waals surface area contributed by atoms with Crippen molar-refractivity contribution >= 4 is 18.0 Å². The van der Waals surface area contributed by atoms with Gasteiger partial charge in [0.2, 0.25) is 5.91 Å². The molecule has 35 heavy (non-hydrogen) atoms. The Bertz CT molecular complexity index is 1030. The molecule has 8 nitrogen and oxygen atoms in total. The first kappa shape index (κ1) is 24.7. The summed E-state index contributed by atoms with van der Waals surface area (Å²) in [6, 6.07) is 15.2. The van der Waals surface area contributed by atoms with E-state index in [0.29, 0.717) is 0 Å². The number of ether oxygens (including phenoxy) is 2. The Hall–Kier alpha value is -3.39. The largest absolute Gasteiger partial charge is 0.480 e. The fraction of sp³-hybridized carbons (Fsp3) is 0.444. The van der Waals surface area contributed by atoms with Crippen LogP contribution in [0.5, 0.6) is 0 Å². The van der Waals surface area contributed by atoms with Gasteiger partial charge in [-0.2, -0.15) is 0 Å². The average molecular weight is 481 g/mol. The van der Waals surface area contributed by atoms with E-state index in [4.69, 9.17) is 9.47 Å². The summed E-state index contributed by atoms with van der Waals surface area (Å²) in [7, 11) is 1.48. The molecule has 2 aliphatic rings. The summed E-state index contributed by atoms with van der Waals surface area (Å²) in [4.78, 5) is 36.5. The molecule has 0 bridgehead atoms. The third-order valence-corrected chi connectivity index (χ3v) is 7.00. The highest BCUT2D eigenvalue weighted by Gasteiger charge is 2.33. The number of aliphatic carboxylic acids is 1. The molecule has 2 aromatic rings. The molecular formula is C27H32N2O6. The Kier molecular flexibility index (Phi) is 8.02. The maximum absolute atomic E-state index is 12.7. The van der Waals surface area contributed by atoms with Crippen molar-refractivity contribution in [1.29, 1.82) is 0 Å². The Morgan fingerprint density at radius 2 is 1.69 bits per heavy atom. The second kappa shape index (κ2) is 11.4. The average Bonchev–Trinajstić information content (AvgIpc) is 3.42. The van der Waals surface area contributed by atoms with Crippen molar-refractivity contribution < 1.29 is 29.0 Å². The second-order valence-corrected chi connectivity index (χ2v) is 9.21. The number of carboxylic acid groups (broad SMARTS) is 1. The van der Waals surface area contributed by atoms with Crippen LogP contribution in [0.1, 0.15) is 49.1 Å². The summed E-state index contributed by atoms with van der Waals surface area (Å²) in [5, 5.41) is 14.8. The first-order valence-corrected chi connectivity index (χ1v) is 12.1. The van der Waals surface area contributed by atoms with E-state index >= 15 is 0 Å². The van der Waals surface area contributed by atoms with E-state index in [1.54, 1.807) is 0 Å². The Labute approximate surface area is 205 Å². The number of hydrogen-bond acceptors (Lipinski definition) is 5. The fourth-order valence-corrected chi connectivity index (χ4v) is 5.25. The molecule has 4 rings (SSSR count). The minimum absolute atomic E-state index is 0.0154. The molecular weight excluding hydrogens is 448 g/mol. The van der Waals surface area contributed by atoms with Crippen molar-refractivity contribution in [3.8, 4) is 11.1 Å². The van der Waals surface area contributed by atoms with E-state index in [-0.39, 0.29) is 49.8 Å². The van der Waals surface area contributed by atoms with Crippen LogP contribution in [0.2, 0.25) is 0 Å². The van der Waals surface area contributed by atoms with Gasteiger partial charge >= 0.3 is 12.1 Å². The fourth-order valence-electron chi connectivity index (χ4n) is 5.25. The SMILES string of the molecule is COCCC(NC(=O)C[C@@H]1CCC[C@H]1NC(=O)OCC1c2ccccc2-c2ccccc21)C(=O)O. The van der Waals surface area contributed by atoms with Gasteiger partial charge in [-0.1, -0.05) is 55.0 Å². The third kappa shape index (κ3) is 5.82. The predicted molar refractivity (Wildman–Crippen MR) is 130 cm³/mol. The van der Waals surface area contributed by atoms with Crippen molar-refractivity contribution in [2.75, 3.05) is 20.3 Å². The van der Waals surface area contributed by atoms with Crippen LogP contribution in [0.15, 0.2) is 48.5 Å². The zero-order valence-electron chi connectivity index (χ0n) is 19.9. The van der Waals surface area contributed by atoms with E-state index in [0.717, 1.165) is 30.4 Å². The van der Waals surface area contributed by atoms with Gasteiger partial charge in [0.25, 0.3) is 0 Å². The van der Waals surface area contributed by atoms with Crippen LogP contribution in [-0.4, -0.2) is 55.5 Å². The quantitative estimate of drug-likeness (QED) is 0.478. The maximum atomic E-state index is 12.7. The number of carboxylic acids is 1. The lowest BCUT2D eigenvalue weighted by atomic mass is 9.98. The van der Waals surface area contributed by atoms with Crippen LogP contribution in [0.4, 0.5) is 4.79 Å². The van der Waals surface area contributed by atoms with E-state index < -0.39 is 18.1 Å². The zero-order valence-corrected chi connectivity index (χ0v) is 19.9. The van der Waals surface area contributed by atoms with Gasteiger partial charge in [-0.25, -0.2) is 9.59 Å². The summed E-state index contributed by atoms with van der Waals surface area (Å²) in [6.45, 7) is 0.476. The smallest absolute Gasteiger partial charge is 0.407 e. The molecule has 1 saturated carbocycles. The second-order valence-electron chi connectivity index (χ2n) is 9.21. The number of amides is 2. The summed E-state index contributed by atoms with van der Waals surface area (Å²) >= 11 is 0. The number of carbonyl (C=O) groups excluding carboxylic acids is 2. The van der Waals surface area contributed by atoms with Gasteiger partial charge in [0, 0.05) is 38.5 Å². The number of nitrogens with one attached hydrogen (secondary N) is 2. The number of hydrogen-bond donors (Lipinski definition) is 3. The third-order valence-electron chi connectivity index (χ3n) is 7.00. The van der Waals surface area contributed by atoms with E-state index in [9.17, 15) is 19.5 Å². The number of alkyl carbamates (subject to hydrolysis) is 1. The molecule has 0 radical (unpaired) electrons. The predicted octanol–water partition coefficient (Wildman–Crippen LogP) is 3.69. The van der Waals surface area contributed by atoms with Gasteiger partial charge in [0.05, 0.1) is 0 Å². The molecule has 2 aromatic carbocycles. The normalized spacial score (nSPS) is 19.5. The highest BCUT2D eigenvalue weighted by Crippen LogP contribution is 2.44. The van der Waals surface area contributed by atoms with Crippen LogP contribution < -0.4 is 10.6 Å². The topological polar surface area (TPSA) is 114 Å². The van der Waals surface area contributed by atoms with Crippen molar-refractivity contribution in [2.24, 2.45) is 5.92 Å². The molecule has 3 atom stereocenters. The van der Waals surface area contributed by atoms with Crippen molar-refractivity contribution in [2.45, 2.75) is 50.1 Å². The van der Waals surface area contributed by atoms with Crippen LogP contribution in [0.25, 0.3) is 11.1 Å². The highest BCUT2D eigenvalue weighted by molar-refractivity contribution is 5.83. The van der Waals surface area contributed by atoms with Crippen LogP contribution in [-0.2, 0) is 19.1 Å². The summed E-state index contributed by atoms with van der Waals surface area (Å²) < 4.78 is 10.6. The van der Waals surface area contributed by atoms with Crippen molar-refractivity contribution in [1.82, 2.24) is 10.6 Å². The highest BCUT2D eigenvalue weighted by atomic mass is 16.5. The zero-order chi connectivity index (χ0) is 24.8. The van der Waals surface area contributed by atoms with Gasteiger partial charge in [-0.05, 0) is 41.0 Å². The Balaban J connectivity index is 1.30. The minimum atomic E-state index is -1.09. The molecule has 0 heterocycles. The van der Waals surface area contributed by atoms with Gasteiger partial charge in [-0.3, -0.25) is 4.79 Å². The first-order chi connectivity index (χ1) is 17.0. The van der Waals surface area contributed by atoms with Gasteiger partial charge in [0.1, 0.15) is 12.6 Å². The lowest BCUT2D eigenvalue weighted by Crippen LogP contribution is -2.44. The van der Waals surface area contributed by atoms with Gasteiger partial charge in [-0.15, -0.1) is 0 Å². The monoisotopic (exact) mass is 480 g/mol. The van der Waals surface area contributed by atoms with E-state index in [2.05, 4.69) is 34.9 Å². The van der Waals surface area contributed by atoms with Crippen LogP contribution in [0.3, 0.4) is 0 Å². The summed E-state index contributed by atoms with van der Waals surface area (Å²) in [5.74, 6) is -1.50. The molecule has 3 N–H and O–H groups in total. The Morgan fingerprint density at radius 1 is 1.03 bits per heavy atom. The van der Waals surface area contributed by atoms with Crippen LogP contribution in [0, 0.1) is 5.92 Å². The molecule has 2 amide bonds. The first-order valence-electron chi connectivity index (χ1n) is 12.1. The molecule has 186 valence electrons. The molecule has 1 unspecified atom stereocenters. The molecule has 2 aliphatic carbocycles. The van der Waals surface area contributed by atoms with Gasteiger partial charge < -0.3 is 25.2 Å². The summed E-state index contributed by atoms with van der Waals surface area (Å²) in [5.41, 5.74) is 4.64. The van der Waals surface area contributed by atoms with Crippen molar-refractivity contribution in [3.05, 3.63) is 59.7 Å². The van der Waals surface area contributed by atoms with Crippen molar-refractivity contribution in [3.63, 3.8) is 0 Å². The number of fused-ring (bicyclic) bond motifs is 3. The number of rotatable bonds is 10. The van der Waals surface area contributed by atoms with Crippen LogP contribution >= 0.6 is 0 Å². The van der Waals surface area contributed by atoms with E-state index in [1.807, 2.05) is 24.3 Å². The lowest BCUT2D eigenvalue weighted by molar-refractivity contribution is -0.142. The lowest BCUT2D eigenvalue weighted by Gasteiger charge is -2.22. The van der Waals surface area contributed by atoms with Gasteiger partial charge in [0.15, 0.2) is 0 Å². The Morgan fingerprint density at radius 3 is 2.31 bits per heavy atom. The molecule has 1 fully saturated rings. The number of methoxy groups -OCH3 is 1. The molecule has 0 aliphatic heterocycles. The molecule has 0 aromatic heterocycles.